The van der Waals surface area contributed by atoms with Crippen LogP contribution in [0.2, 0.25) is 0 Å². The molecule has 1 atom stereocenters. The minimum atomic E-state index is -1.03. The van der Waals surface area contributed by atoms with Gasteiger partial charge in [0, 0.05) is 11.8 Å². The van der Waals surface area contributed by atoms with Gasteiger partial charge in [-0.15, -0.1) is 11.8 Å². The third kappa shape index (κ3) is 3.41. The van der Waals surface area contributed by atoms with E-state index in [-0.39, 0.29) is 0 Å². The second-order valence-electron chi connectivity index (χ2n) is 5.25. The molecule has 0 heterocycles. The van der Waals surface area contributed by atoms with E-state index in [4.69, 9.17) is 0 Å². The summed E-state index contributed by atoms with van der Waals surface area (Å²) in [4.78, 5) is 0. The quantitative estimate of drug-likeness (QED) is 0.642. The molecule has 0 N–H and O–H groups in total. The normalized spacial score (nSPS) is 13.7. The number of rotatable bonds is 4. The highest BCUT2D eigenvalue weighted by Crippen LogP contribution is 2.34. The predicted octanol–water partition coefficient (Wildman–Crippen LogP) is 5.30. The van der Waals surface area contributed by atoms with Crippen LogP contribution in [-0.4, -0.2) is 16.7 Å². The second-order valence-corrected chi connectivity index (χ2v) is 7.64. The van der Waals surface area contributed by atoms with Crippen molar-refractivity contribution in [3.63, 3.8) is 0 Å². The van der Waals surface area contributed by atoms with Crippen LogP contribution >= 0.6 is 11.8 Å². The molecule has 0 aliphatic carbocycles. The third-order valence-electron chi connectivity index (χ3n) is 3.75. The summed E-state index contributed by atoms with van der Waals surface area (Å²) < 4.78 is 13.2. The van der Waals surface area contributed by atoms with Crippen LogP contribution in [0.4, 0.5) is 0 Å². The van der Waals surface area contributed by atoms with Crippen LogP contribution < -0.4 is 0 Å². The monoisotopic (exact) mass is 338 g/mol. The van der Waals surface area contributed by atoms with Crippen LogP contribution in [0.15, 0.2) is 77.0 Å². The van der Waals surface area contributed by atoms with Crippen molar-refractivity contribution in [2.75, 3.05) is 12.5 Å². The number of benzene rings is 3. The minimum Gasteiger partial charge on any atom is -0.254 e. The first kappa shape index (κ1) is 16.0. The Kier molecular flexibility index (Phi) is 4.99. The van der Waals surface area contributed by atoms with Crippen molar-refractivity contribution in [2.45, 2.75) is 0 Å². The molecule has 1 unspecified atom stereocenters. The molecule has 0 aliphatic rings. The molecule has 0 amide bonds. The van der Waals surface area contributed by atoms with Crippen molar-refractivity contribution >= 4 is 38.9 Å². The Morgan fingerprint density at radius 3 is 2.13 bits per heavy atom. The minimum absolute atomic E-state index is 0.909. The van der Waals surface area contributed by atoms with E-state index >= 15 is 0 Å². The molecule has 0 fully saturated rings. The zero-order valence-corrected chi connectivity index (χ0v) is 14.8. The predicted molar refractivity (Wildman–Crippen MR) is 104 cm³/mol. The van der Waals surface area contributed by atoms with Crippen molar-refractivity contribution in [2.24, 2.45) is 0 Å². The summed E-state index contributed by atoms with van der Waals surface area (Å²) in [7, 11) is -1.03. The third-order valence-corrected chi connectivity index (χ3v) is 6.26. The van der Waals surface area contributed by atoms with E-state index in [1.807, 2.05) is 36.6 Å². The lowest BCUT2D eigenvalue weighted by molar-refractivity contribution is 0.691. The molecule has 0 spiro atoms. The van der Waals surface area contributed by atoms with Crippen molar-refractivity contribution in [3.8, 4) is 0 Å². The Hall–Kier alpha value is -1.84. The highest BCUT2D eigenvalue weighted by molar-refractivity contribution is 8.16. The van der Waals surface area contributed by atoms with Gasteiger partial charge in [-0.05, 0) is 34.2 Å². The molecule has 0 bridgehead atoms. The van der Waals surface area contributed by atoms with Crippen LogP contribution in [0.5, 0.6) is 0 Å². The lowest BCUT2D eigenvalue weighted by Gasteiger charge is -2.14. The SMILES string of the molecule is CS/C(=C(\c1ccccc1)c1ccc2ccccc2c1)S(C)=O. The maximum atomic E-state index is 12.3. The van der Waals surface area contributed by atoms with Crippen LogP contribution in [0.3, 0.4) is 0 Å². The molecular weight excluding hydrogens is 320 g/mol. The molecule has 116 valence electrons. The zero-order chi connectivity index (χ0) is 16.2. The first-order valence-corrected chi connectivity index (χ1v) is 10.2. The Bertz CT molecular complexity index is 882. The fourth-order valence-corrected chi connectivity index (χ4v) is 4.62. The van der Waals surface area contributed by atoms with E-state index in [2.05, 4.69) is 42.5 Å². The van der Waals surface area contributed by atoms with Crippen molar-refractivity contribution in [1.82, 2.24) is 0 Å². The fraction of sp³-hybridized carbons (Fsp3) is 0.100. The van der Waals surface area contributed by atoms with Crippen LogP contribution in [-0.2, 0) is 10.8 Å². The van der Waals surface area contributed by atoms with E-state index in [0.717, 1.165) is 20.9 Å². The largest absolute Gasteiger partial charge is 0.254 e. The molecule has 3 aromatic carbocycles. The molecule has 0 aromatic heterocycles. The average Bonchev–Trinajstić information content (AvgIpc) is 2.59. The summed E-state index contributed by atoms with van der Waals surface area (Å²) >= 11 is 1.56. The molecule has 3 aromatic rings. The molecule has 3 heteroatoms. The average molecular weight is 338 g/mol. The Morgan fingerprint density at radius 2 is 1.48 bits per heavy atom. The standard InChI is InChI=1S/C20H18OS2/c1-22-20(23(2)21)19(16-9-4-3-5-10-16)18-13-12-15-8-6-7-11-17(15)14-18/h3-14H,1-2H3/b20-19-. The van der Waals surface area contributed by atoms with Crippen LogP contribution in [0.25, 0.3) is 16.3 Å². The van der Waals surface area contributed by atoms with Gasteiger partial charge in [-0.1, -0.05) is 66.7 Å². The fourth-order valence-electron chi connectivity index (χ4n) is 2.72. The number of hydrogen-bond acceptors (Lipinski definition) is 2. The van der Waals surface area contributed by atoms with Crippen molar-refractivity contribution in [3.05, 3.63) is 88.2 Å². The smallest absolute Gasteiger partial charge is 0.0795 e. The van der Waals surface area contributed by atoms with Gasteiger partial charge in [-0.25, -0.2) is 0 Å². The van der Waals surface area contributed by atoms with E-state index in [1.54, 1.807) is 18.0 Å². The molecule has 0 saturated carbocycles. The molecule has 0 saturated heterocycles. The van der Waals surface area contributed by atoms with Gasteiger partial charge in [-0.2, -0.15) is 0 Å². The van der Waals surface area contributed by atoms with Gasteiger partial charge in [-0.3, -0.25) is 4.21 Å². The molecule has 0 radical (unpaired) electrons. The van der Waals surface area contributed by atoms with Crippen molar-refractivity contribution in [1.29, 1.82) is 0 Å². The maximum absolute atomic E-state index is 12.3. The first-order chi connectivity index (χ1) is 11.2. The molecule has 0 aliphatic heterocycles. The number of fused-ring (bicyclic) bond motifs is 1. The maximum Gasteiger partial charge on any atom is 0.0795 e. The first-order valence-electron chi connectivity index (χ1n) is 7.37. The van der Waals surface area contributed by atoms with Gasteiger partial charge in [0.2, 0.25) is 0 Å². The molecule has 3 rings (SSSR count). The molecular formula is C20H18OS2. The Labute approximate surface area is 143 Å². The second kappa shape index (κ2) is 7.16. The van der Waals surface area contributed by atoms with E-state index in [1.165, 1.54) is 10.8 Å². The summed E-state index contributed by atoms with van der Waals surface area (Å²) in [5, 5.41) is 2.41. The van der Waals surface area contributed by atoms with E-state index in [0.29, 0.717) is 0 Å². The van der Waals surface area contributed by atoms with E-state index < -0.39 is 10.8 Å². The van der Waals surface area contributed by atoms with Gasteiger partial charge in [0.15, 0.2) is 0 Å². The van der Waals surface area contributed by atoms with Gasteiger partial charge in [0.05, 0.1) is 15.0 Å². The van der Waals surface area contributed by atoms with Crippen LogP contribution in [0, 0.1) is 0 Å². The lowest BCUT2D eigenvalue weighted by Crippen LogP contribution is -1.97. The summed E-state index contributed by atoms with van der Waals surface area (Å²) in [6, 6.07) is 24.9. The Balaban J connectivity index is 2.28. The van der Waals surface area contributed by atoms with Gasteiger partial charge < -0.3 is 0 Å². The highest BCUT2D eigenvalue weighted by Gasteiger charge is 2.14. The highest BCUT2D eigenvalue weighted by atomic mass is 32.2. The van der Waals surface area contributed by atoms with Crippen LogP contribution in [0.1, 0.15) is 11.1 Å². The topological polar surface area (TPSA) is 17.1 Å². The number of hydrogen-bond donors (Lipinski definition) is 0. The summed E-state index contributed by atoms with van der Waals surface area (Å²) in [5.41, 5.74) is 3.27. The lowest BCUT2D eigenvalue weighted by atomic mass is 9.97. The molecule has 1 nitrogen and oxygen atoms in total. The summed E-state index contributed by atoms with van der Waals surface area (Å²) in [6.45, 7) is 0. The van der Waals surface area contributed by atoms with E-state index in [9.17, 15) is 4.21 Å². The van der Waals surface area contributed by atoms with Crippen molar-refractivity contribution < 1.29 is 4.21 Å². The number of thioether (sulfide) groups is 1. The van der Waals surface area contributed by atoms with Gasteiger partial charge in [0.25, 0.3) is 0 Å². The summed E-state index contributed by atoms with van der Waals surface area (Å²) in [6.07, 6.45) is 3.73. The van der Waals surface area contributed by atoms with Gasteiger partial charge >= 0.3 is 0 Å². The zero-order valence-electron chi connectivity index (χ0n) is 13.2. The Morgan fingerprint density at radius 1 is 0.826 bits per heavy atom. The van der Waals surface area contributed by atoms with Gasteiger partial charge in [0.1, 0.15) is 0 Å². The molecule has 23 heavy (non-hydrogen) atoms. The summed E-state index contributed by atoms with van der Waals surface area (Å²) in [5.74, 6) is 0.